The Balaban J connectivity index is 2.39. The summed E-state index contributed by atoms with van der Waals surface area (Å²) in [7, 11) is -4.05. The lowest BCUT2D eigenvalue weighted by atomic mass is 10.2. The van der Waals surface area contributed by atoms with Gasteiger partial charge in [0.15, 0.2) is 0 Å². The van der Waals surface area contributed by atoms with Gasteiger partial charge in [-0.2, -0.15) is 0 Å². The maximum absolute atomic E-state index is 12.8. The van der Waals surface area contributed by atoms with Gasteiger partial charge in [-0.1, -0.05) is 11.6 Å². The van der Waals surface area contributed by atoms with Gasteiger partial charge in [0.05, 0.1) is 10.9 Å². The molecule has 0 amide bonds. The molecule has 0 saturated carbocycles. The van der Waals surface area contributed by atoms with Crippen molar-refractivity contribution in [2.45, 2.75) is 4.90 Å². The van der Waals surface area contributed by atoms with Crippen LogP contribution in [0.3, 0.4) is 0 Å². The molecule has 110 valence electrons. The number of anilines is 1. The minimum atomic E-state index is -4.05. The van der Waals surface area contributed by atoms with E-state index in [0.717, 1.165) is 30.3 Å². The topological polar surface area (TPSA) is 86.3 Å². The lowest BCUT2D eigenvalue weighted by Gasteiger charge is -2.10. The molecule has 0 saturated heterocycles. The monoisotopic (exact) mass is 328 g/mol. The summed E-state index contributed by atoms with van der Waals surface area (Å²) in [5, 5.41) is 10.7. The maximum Gasteiger partial charge on any atom is 0.261 e. The van der Waals surface area contributed by atoms with E-state index in [4.69, 9.17) is 11.6 Å². The summed E-state index contributed by atoms with van der Waals surface area (Å²) < 4.78 is 39.2. The van der Waals surface area contributed by atoms with Crippen LogP contribution < -0.4 is 9.83 Å². The van der Waals surface area contributed by atoms with Crippen molar-refractivity contribution in [3.8, 4) is 0 Å². The van der Waals surface area contributed by atoms with Crippen LogP contribution in [-0.2, 0) is 10.0 Å². The number of rotatable bonds is 4. The van der Waals surface area contributed by atoms with Gasteiger partial charge in [-0.25, -0.2) is 12.8 Å². The van der Waals surface area contributed by atoms with Crippen molar-refractivity contribution < 1.29 is 22.7 Å². The van der Waals surface area contributed by atoms with Crippen molar-refractivity contribution >= 4 is 33.3 Å². The molecular weight excluding hydrogens is 321 g/mol. The number of benzene rings is 2. The average molecular weight is 329 g/mol. The van der Waals surface area contributed by atoms with Crippen LogP contribution in [0.15, 0.2) is 47.4 Å². The van der Waals surface area contributed by atoms with Crippen molar-refractivity contribution in [1.29, 1.82) is 0 Å². The number of carbonyl (C=O) groups is 1. The summed E-state index contributed by atoms with van der Waals surface area (Å²) in [6.07, 6.45) is 0. The van der Waals surface area contributed by atoms with Crippen LogP contribution in [0.4, 0.5) is 10.1 Å². The van der Waals surface area contributed by atoms with Crippen LogP contribution in [0.2, 0.25) is 5.02 Å². The summed E-state index contributed by atoms with van der Waals surface area (Å²) in [5.41, 5.74) is -0.228. The fraction of sp³-hybridized carbons (Fsp3) is 0. The van der Waals surface area contributed by atoms with Crippen LogP contribution in [-0.4, -0.2) is 14.4 Å². The quantitative estimate of drug-likeness (QED) is 0.924. The standard InChI is InChI=1S/C13H9ClFNO4S/c14-9-5-8(13(17)18)6-12(7-9)21(19,20)16-11-3-1-10(15)2-4-11/h1-7,16H,(H,17,18)/p-1. The molecule has 0 atom stereocenters. The molecule has 2 aromatic carbocycles. The Kier molecular flexibility index (Phi) is 4.15. The first-order valence-electron chi connectivity index (χ1n) is 5.58. The fourth-order valence-electron chi connectivity index (χ4n) is 1.57. The van der Waals surface area contributed by atoms with Crippen molar-refractivity contribution in [3.63, 3.8) is 0 Å². The second-order valence-corrected chi connectivity index (χ2v) is 6.19. The lowest BCUT2D eigenvalue weighted by Crippen LogP contribution is -2.23. The van der Waals surface area contributed by atoms with Crippen LogP contribution in [0.1, 0.15) is 10.4 Å². The van der Waals surface area contributed by atoms with Gasteiger partial charge in [0, 0.05) is 10.7 Å². The number of carbonyl (C=O) groups excluding carboxylic acids is 1. The molecule has 0 aliphatic rings. The molecular formula is C13H8ClFNO4S-. The smallest absolute Gasteiger partial charge is 0.261 e. The highest BCUT2D eigenvalue weighted by molar-refractivity contribution is 7.92. The van der Waals surface area contributed by atoms with Crippen molar-refractivity contribution in [2.75, 3.05) is 4.72 Å². The summed E-state index contributed by atoms with van der Waals surface area (Å²) in [5.74, 6) is -2.06. The second kappa shape index (κ2) is 5.71. The van der Waals surface area contributed by atoms with Crippen molar-refractivity contribution in [3.05, 3.63) is 58.9 Å². The fourth-order valence-corrected chi connectivity index (χ4v) is 3.00. The van der Waals surface area contributed by atoms with Gasteiger partial charge >= 0.3 is 0 Å². The molecule has 2 rings (SSSR count). The van der Waals surface area contributed by atoms with Crippen LogP contribution >= 0.6 is 11.6 Å². The summed E-state index contributed by atoms with van der Waals surface area (Å²) >= 11 is 5.69. The predicted molar refractivity (Wildman–Crippen MR) is 73.0 cm³/mol. The minimum absolute atomic E-state index is 0.0591. The first kappa shape index (κ1) is 15.3. The molecule has 0 unspecified atom stereocenters. The molecule has 0 spiro atoms. The van der Waals surface area contributed by atoms with Gasteiger partial charge in [0.2, 0.25) is 0 Å². The zero-order valence-corrected chi connectivity index (χ0v) is 11.9. The molecule has 0 radical (unpaired) electrons. The SMILES string of the molecule is O=C([O-])c1cc(Cl)cc(S(=O)(=O)Nc2ccc(F)cc2)c1. The number of carboxylic acids is 1. The molecule has 0 fully saturated rings. The highest BCUT2D eigenvalue weighted by atomic mass is 35.5. The van der Waals surface area contributed by atoms with E-state index >= 15 is 0 Å². The van der Waals surface area contributed by atoms with E-state index in [1.165, 1.54) is 12.1 Å². The largest absolute Gasteiger partial charge is 0.545 e. The molecule has 2 aromatic rings. The molecule has 5 nitrogen and oxygen atoms in total. The highest BCUT2D eigenvalue weighted by Gasteiger charge is 2.16. The number of hydrogen-bond donors (Lipinski definition) is 1. The van der Waals surface area contributed by atoms with Gasteiger partial charge in [-0.05, 0) is 48.0 Å². The van der Waals surface area contributed by atoms with Gasteiger partial charge in [-0.15, -0.1) is 0 Å². The summed E-state index contributed by atoms with van der Waals surface area (Å²) in [6.45, 7) is 0. The average Bonchev–Trinajstić information content (AvgIpc) is 2.40. The Morgan fingerprint density at radius 1 is 1.14 bits per heavy atom. The molecule has 21 heavy (non-hydrogen) atoms. The molecule has 1 N–H and O–H groups in total. The van der Waals surface area contributed by atoms with Crippen molar-refractivity contribution in [1.82, 2.24) is 0 Å². The molecule has 0 heterocycles. The van der Waals surface area contributed by atoms with Gasteiger partial charge in [0.1, 0.15) is 5.82 Å². The number of nitrogens with one attached hydrogen (secondary N) is 1. The normalized spacial score (nSPS) is 11.1. The van der Waals surface area contributed by atoms with E-state index in [1.54, 1.807) is 0 Å². The molecule has 0 aliphatic carbocycles. The van der Waals surface area contributed by atoms with E-state index in [0.29, 0.717) is 0 Å². The van der Waals surface area contributed by atoms with E-state index in [2.05, 4.69) is 4.72 Å². The van der Waals surface area contributed by atoms with Gasteiger partial charge in [0.25, 0.3) is 10.0 Å². The Morgan fingerprint density at radius 2 is 1.76 bits per heavy atom. The Morgan fingerprint density at radius 3 is 2.33 bits per heavy atom. The summed E-state index contributed by atoms with van der Waals surface area (Å²) in [4.78, 5) is 10.5. The molecule has 0 aliphatic heterocycles. The third-order valence-electron chi connectivity index (χ3n) is 2.51. The van der Waals surface area contributed by atoms with E-state index in [9.17, 15) is 22.7 Å². The first-order valence-corrected chi connectivity index (χ1v) is 7.44. The van der Waals surface area contributed by atoms with Crippen LogP contribution in [0, 0.1) is 5.82 Å². The lowest BCUT2D eigenvalue weighted by molar-refractivity contribution is -0.255. The predicted octanol–water partition coefficient (Wildman–Crippen LogP) is 1.64. The Labute approximate surface area is 125 Å². The van der Waals surface area contributed by atoms with Gasteiger partial charge in [-0.3, -0.25) is 4.72 Å². The third-order valence-corrected chi connectivity index (χ3v) is 4.09. The van der Waals surface area contributed by atoms with E-state index < -0.39 is 21.8 Å². The third kappa shape index (κ3) is 3.71. The zero-order chi connectivity index (χ0) is 15.6. The van der Waals surface area contributed by atoms with E-state index in [1.807, 2.05) is 0 Å². The maximum atomic E-state index is 12.8. The van der Waals surface area contributed by atoms with Gasteiger partial charge < -0.3 is 9.90 Å². The number of aromatic carboxylic acids is 1. The highest BCUT2D eigenvalue weighted by Crippen LogP contribution is 2.21. The number of sulfonamides is 1. The molecule has 8 heteroatoms. The zero-order valence-electron chi connectivity index (χ0n) is 10.3. The van der Waals surface area contributed by atoms with Crippen LogP contribution in [0.25, 0.3) is 0 Å². The minimum Gasteiger partial charge on any atom is -0.545 e. The van der Waals surface area contributed by atoms with E-state index in [-0.39, 0.29) is 21.2 Å². The second-order valence-electron chi connectivity index (χ2n) is 4.08. The first-order chi connectivity index (χ1) is 9.78. The molecule has 0 bridgehead atoms. The number of hydrogen-bond acceptors (Lipinski definition) is 4. The Bertz CT molecular complexity index is 790. The van der Waals surface area contributed by atoms with Crippen LogP contribution in [0.5, 0.6) is 0 Å². The Hall–Kier alpha value is -2.12. The van der Waals surface area contributed by atoms with Crippen molar-refractivity contribution in [2.24, 2.45) is 0 Å². The number of carboxylic acid groups (broad SMARTS) is 1. The summed E-state index contributed by atoms with van der Waals surface area (Å²) in [6, 6.07) is 7.74. The number of halogens is 2. The molecule has 0 aromatic heterocycles.